The van der Waals surface area contributed by atoms with Gasteiger partial charge in [0, 0.05) is 24.2 Å². The zero-order valence-corrected chi connectivity index (χ0v) is 11.4. The molecule has 0 radical (unpaired) electrons. The van der Waals surface area contributed by atoms with Crippen molar-refractivity contribution in [1.82, 2.24) is 10.2 Å². The summed E-state index contributed by atoms with van der Waals surface area (Å²) in [5.41, 5.74) is 1.07. The fraction of sp³-hybridized carbons (Fsp3) is 0.600. The van der Waals surface area contributed by atoms with Crippen LogP contribution >= 0.6 is 0 Å². The summed E-state index contributed by atoms with van der Waals surface area (Å²) >= 11 is 0. The minimum Gasteiger partial charge on any atom is -0.508 e. The van der Waals surface area contributed by atoms with Crippen LogP contribution in [-0.2, 0) is 0 Å². The Bertz CT molecular complexity index is 381. The third-order valence-corrected chi connectivity index (χ3v) is 3.98. The van der Waals surface area contributed by atoms with Gasteiger partial charge in [0.1, 0.15) is 5.75 Å². The van der Waals surface area contributed by atoms with Gasteiger partial charge >= 0.3 is 0 Å². The van der Waals surface area contributed by atoms with E-state index in [0.717, 1.165) is 25.1 Å². The molecule has 3 heteroatoms. The number of nitrogens with zero attached hydrogens (tertiary/aromatic N) is 1. The fourth-order valence-electron chi connectivity index (χ4n) is 2.97. The molecule has 1 heterocycles. The van der Waals surface area contributed by atoms with E-state index < -0.39 is 0 Å². The molecule has 2 atom stereocenters. The van der Waals surface area contributed by atoms with Crippen molar-refractivity contribution in [3.8, 4) is 5.75 Å². The van der Waals surface area contributed by atoms with Gasteiger partial charge in [-0.1, -0.05) is 25.1 Å². The number of piperidine rings is 1. The van der Waals surface area contributed by atoms with E-state index >= 15 is 0 Å². The van der Waals surface area contributed by atoms with Gasteiger partial charge < -0.3 is 10.4 Å². The molecule has 1 fully saturated rings. The number of hydrogen-bond donors (Lipinski definition) is 2. The lowest BCUT2D eigenvalue weighted by atomic mass is 9.97. The maximum atomic E-state index is 10.0. The van der Waals surface area contributed by atoms with E-state index in [1.807, 2.05) is 25.2 Å². The zero-order chi connectivity index (χ0) is 13.0. The lowest BCUT2D eigenvalue weighted by Gasteiger charge is -2.38. The summed E-state index contributed by atoms with van der Waals surface area (Å²) in [7, 11) is 2.04. The Morgan fingerprint density at radius 1 is 1.44 bits per heavy atom. The molecule has 0 saturated carbocycles. The Balaban J connectivity index is 2.15. The van der Waals surface area contributed by atoms with Gasteiger partial charge in [-0.25, -0.2) is 0 Å². The molecule has 0 amide bonds. The minimum absolute atomic E-state index is 0.336. The highest BCUT2D eigenvalue weighted by Crippen LogP contribution is 2.32. The first kappa shape index (κ1) is 13.4. The summed E-state index contributed by atoms with van der Waals surface area (Å²) in [6.45, 7) is 4.40. The second kappa shape index (κ2) is 6.21. The van der Waals surface area contributed by atoms with Crippen LogP contribution in [0.4, 0.5) is 0 Å². The molecule has 1 saturated heterocycles. The number of aromatic hydroxyl groups is 1. The molecule has 0 aliphatic carbocycles. The quantitative estimate of drug-likeness (QED) is 0.859. The van der Waals surface area contributed by atoms with Crippen LogP contribution in [0.25, 0.3) is 0 Å². The summed E-state index contributed by atoms with van der Waals surface area (Å²) in [6, 6.07) is 8.65. The van der Waals surface area contributed by atoms with Gasteiger partial charge in [-0.2, -0.15) is 0 Å². The van der Waals surface area contributed by atoms with E-state index in [-0.39, 0.29) is 0 Å². The van der Waals surface area contributed by atoms with Gasteiger partial charge in [-0.05, 0) is 38.9 Å². The number of para-hydroxylation sites is 1. The van der Waals surface area contributed by atoms with Crippen molar-refractivity contribution in [3.63, 3.8) is 0 Å². The highest BCUT2D eigenvalue weighted by Gasteiger charge is 2.26. The average Bonchev–Trinajstić information content (AvgIpc) is 2.42. The van der Waals surface area contributed by atoms with Crippen LogP contribution in [0.1, 0.15) is 37.8 Å². The first-order valence-electron chi connectivity index (χ1n) is 6.95. The topological polar surface area (TPSA) is 35.5 Å². The number of likely N-dealkylation sites (N-methyl/N-ethyl adjacent to an activating group) is 1. The second-order valence-corrected chi connectivity index (χ2v) is 5.11. The fourth-order valence-corrected chi connectivity index (χ4v) is 2.97. The summed E-state index contributed by atoms with van der Waals surface area (Å²) in [5, 5.41) is 13.4. The van der Waals surface area contributed by atoms with Crippen LogP contribution in [0.2, 0.25) is 0 Å². The van der Waals surface area contributed by atoms with Gasteiger partial charge in [0.25, 0.3) is 0 Å². The summed E-state index contributed by atoms with van der Waals surface area (Å²) in [5.74, 6) is 0.427. The molecule has 1 aliphatic rings. The van der Waals surface area contributed by atoms with Gasteiger partial charge in [0.2, 0.25) is 0 Å². The normalized spacial score (nSPS) is 22.9. The van der Waals surface area contributed by atoms with E-state index in [4.69, 9.17) is 0 Å². The number of likely N-dealkylation sites (tertiary alicyclic amines) is 1. The largest absolute Gasteiger partial charge is 0.508 e. The van der Waals surface area contributed by atoms with Crippen LogP contribution < -0.4 is 5.32 Å². The molecule has 100 valence electrons. The molecule has 0 spiro atoms. The molecule has 1 aromatic carbocycles. The first-order chi connectivity index (χ1) is 8.76. The van der Waals surface area contributed by atoms with Crippen LogP contribution in [0.3, 0.4) is 0 Å². The van der Waals surface area contributed by atoms with Crippen molar-refractivity contribution in [3.05, 3.63) is 29.8 Å². The lowest BCUT2D eigenvalue weighted by molar-refractivity contribution is 0.134. The van der Waals surface area contributed by atoms with Crippen LogP contribution in [0.5, 0.6) is 5.75 Å². The molecule has 1 aromatic rings. The highest BCUT2D eigenvalue weighted by molar-refractivity contribution is 5.34. The van der Waals surface area contributed by atoms with Crippen LogP contribution in [-0.4, -0.2) is 36.2 Å². The molecular weight excluding hydrogens is 224 g/mol. The van der Waals surface area contributed by atoms with Gasteiger partial charge in [0.05, 0.1) is 0 Å². The molecule has 2 rings (SSSR count). The molecule has 18 heavy (non-hydrogen) atoms. The minimum atomic E-state index is 0.336. The number of phenols is 1. The van der Waals surface area contributed by atoms with Gasteiger partial charge in [-0.3, -0.25) is 4.90 Å². The standard InChI is InChI=1S/C15H24N2O/c1-3-14(13-8-4-5-9-15(13)18)17-10-6-7-12(11-17)16-2/h4-5,8-9,12,14,16,18H,3,6-7,10-11H2,1-2H3. The van der Waals surface area contributed by atoms with E-state index in [0.29, 0.717) is 17.8 Å². The molecular formula is C15H24N2O. The predicted molar refractivity (Wildman–Crippen MR) is 74.8 cm³/mol. The van der Waals surface area contributed by atoms with E-state index in [1.165, 1.54) is 12.8 Å². The van der Waals surface area contributed by atoms with E-state index in [2.05, 4.69) is 17.1 Å². The monoisotopic (exact) mass is 248 g/mol. The smallest absolute Gasteiger partial charge is 0.120 e. The van der Waals surface area contributed by atoms with E-state index in [1.54, 1.807) is 6.07 Å². The highest BCUT2D eigenvalue weighted by atomic mass is 16.3. The maximum absolute atomic E-state index is 10.0. The van der Waals surface area contributed by atoms with Crippen molar-refractivity contribution in [2.45, 2.75) is 38.3 Å². The van der Waals surface area contributed by atoms with Gasteiger partial charge in [0.15, 0.2) is 0 Å². The predicted octanol–water partition coefficient (Wildman–Crippen LogP) is 2.53. The molecule has 0 aromatic heterocycles. The Morgan fingerprint density at radius 2 is 2.22 bits per heavy atom. The zero-order valence-electron chi connectivity index (χ0n) is 11.4. The van der Waals surface area contributed by atoms with Crippen LogP contribution in [0.15, 0.2) is 24.3 Å². The van der Waals surface area contributed by atoms with Crippen molar-refractivity contribution in [1.29, 1.82) is 0 Å². The third-order valence-electron chi connectivity index (χ3n) is 3.98. The summed E-state index contributed by atoms with van der Waals surface area (Å²) < 4.78 is 0. The Labute approximate surface area is 110 Å². The SMILES string of the molecule is CCC(c1ccccc1O)N1CCCC(NC)C1. The number of rotatable bonds is 4. The molecule has 2 unspecified atom stereocenters. The number of hydrogen-bond acceptors (Lipinski definition) is 3. The summed E-state index contributed by atoms with van der Waals surface area (Å²) in [6.07, 6.45) is 3.52. The first-order valence-corrected chi connectivity index (χ1v) is 6.95. The van der Waals surface area contributed by atoms with Gasteiger partial charge in [-0.15, -0.1) is 0 Å². The van der Waals surface area contributed by atoms with Crippen molar-refractivity contribution >= 4 is 0 Å². The summed E-state index contributed by atoms with van der Waals surface area (Å²) in [4.78, 5) is 2.50. The number of benzene rings is 1. The van der Waals surface area contributed by atoms with Crippen molar-refractivity contribution in [2.24, 2.45) is 0 Å². The Hall–Kier alpha value is -1.06. The Morgan fingerprint density at radius 3 is 2.89 bits per heavy atom. The second-order valence-electron chi connectivity index (χ2n) is 5.11. The average molecular weight is 248 g/mol. The van der Waals surface area contributed by atoms with Crippen molar-refractivity contribution in [2.75, 3.05) is 20.1 Å². The van der Waals surface area contributed by atoms with E-state index in [9.17, 15) is 5.11 Å². The van der Waals surface area contributed by atoms with Crippen molar-refractivity contribution < 1.29 is 5.11 Å². The molecule has 0 bridgehead atoms. The molecule has 2 N–H and O–H groups in total. The molecule has 1 aliphatic heterocycles. The third kappa shape index (κ3) is 2.85. The van der Waals surface area contributed by atoms with Crippen LogP contribution in [0, 0.1) is 0 Å². The lowest BCUT2D eigenvalue weighted by Crippen LogP contribution is -2.45. The number of nitrogens with one attached hydrogen (secondary N) is 1. The molecule has 3 nitrogen and oxygen atoms in total. The maximum Gasteiger partial charge on any atom is 0.120 e. The Kier molecular flexibility index (Phi) is 4.61. The number of phenolic OH excluding ortho intramolecular Hbond substituents is 1.